The number of hydrogen-bond donors (Lipinski definition) is 1. The summed E-state index contributed by atoms with van der Waals surface area (Å²) < 4.78 is 26.1. The van der Waals surface area contributed by atoms with Gasteiger partial charge in [-0.05, 0) is 48.7 Å². The van der Waals surface area contributed by atoms with E-state index in [0.717, 1.165) is 18.4 Å². The molecule has 0 aromatic heterocycles. The summed E-state index contributed by atoms with van der Waals surface area (Å²) in [6.45, 7) is 0.833. The molecule has 120 valence electrons. The van der Waals surface area contributed by atoms with Crippen LogP contribution in [0.5, 0.6) is 0 Å². The van der Waals surface area contributed by atoms with E-state index >= 15 is 0 Å². The van der Waals surface area contributed by atoms with E-state index < -0.39 is 0 Å². The van der Waals surface area contributed by atoms with Gasteiger partial charge in [-0.3, -0.25) is 9.69 Å². The average molecular weight is 316 g/mol. The molecule has 1 fully saturated rings. The average Bonchev–Trinajstić information content (AvgIpc) is 3.33. The molecule has 1 N–H and O–H groups in total. The lowest BCUT2D eigenvalue weighted by atomic mass is 10.2. The maximum atomic E-state index is 13.1. The van der Waals surface area contributed by atoms with E-state index in [0.29, 0.717) is 18.3 Å². The fraction of sp³-hybridized carbons (Fsp3) is 0.278. The first-order valence-electron chi connectivity index (χ1n) is 7.64. The number of amides is 1. The van der Waals surface area contributed by atoms with Gasteiger partial charge in [-0.25, -0.2) is 8.78 Å². The number of carbonyl (C=O) groups is 1. The highest BCUT2D eigenvalue weighted by atomic mass is 19.1. The van der Waals surface area contributed by atoms with Crippen molar-refractivity contribution < 1.29 is 13.6 Å². The van der Waals surface area contributed by atoms with Crippen LogP contribution in [0.3, 0.4) is 0 Å². The van der Waals surface area contributed by atoms with Crippen molar-refractivity contribution in [3.05, 3.63) is 65.7 Å². The van der Waals surface area contributed by atoms with E-state index in [1.807, 2.05) is 0 Å². The minimum absolute atomic E-state index is 0.176. The molecule has 1 aliphatic carbocycles. The Labute approximate surface area is 133 Å². The summed E-state index contributed by atoms with van der Waals surface area (Å²) >= 11 is 0. The zero-order valence-corrected chi connectivity index (χ0v) is 12.6. The number of hydrogen-bond acceptors (Lipinski definition) is 2. The molecule has 5 heteroatoms. The number of anilines is 1. The Kier molecular flexibility index (Phi) is 4.67. The van der Waals surface area contributed by atoms with Gasteiger partial charge in [-0.2, -0.15) is 0 Å². The molecule has 1 amide bonds. The van der Waals surface area contributed by atoms with Crippen LogP contribution >= 0.6 is 0 Å². The molecule has 0 aliphatic heterocycles. The van der Waals surface area contributed by atoms with Crippen LogP contribution in [0.1, 0.15) is 18.4 Å². The Bertz CT molecular complexity index is 684. The Morgan fingerprint density at radius 2 is 1.83 bits per heavy atom. The van der Waals surface area contributed by atoms with Crippen LogP contribution in [0.15, 0.2) is 48.5 Å². The lowest BCUT2D eigenvalue weighted by Gasteiger charge is -2.21. The predicted octanol–water partition coefficient (Wildman–Crippen LogP) is 3.57. The highest BCUT2D eigenvalue weighted by Crippen LogP contribution is 2.28. The lowest BCUT2D eigenvalue weighted by Crippen LogP contribution is -2.34. The van der Waals surface area contributed by atoms with Gasteiger partial charge in [0.15, 0.2) is 0 Å². The molecule has 0 bridgehead atoms. The normalized spacial score (nSPS) is 14.0. The van der Waals surface area contributed by atoms with Gasteiger partial charge in [0.25, 0.3) is 0 Å². The van der Waals surface area contributed by atoms with Crippen LogP contribution < -0.4 is 5.32 Å². The third kappa shape index (κ3) is 4.60. The summed E-state index contributed by atoms with van der Waals surface area (Å²) in [4.78, 5) is 14.2. The Balaban J connectivity index is 1.60. The molecule has 3 nitrogen and oxygen atoms in total. The zero-order valence-electron chi connectivity index (χ0n) is 12.6. The minimum atomic E-state index is -0.381. The molecule has 2 aromatic carbocycles. The number of nitrogens with zero attached hydrogens (tertiary/aromatic N) is 1. The van der Waals surface area contributed by atoms with Gasteiger partial charge in [-0.15, -0.1) is 0 Å². The van der Waals surface area contributed by atoms with Crippen molar-refractivity contribution in [2.24, 2.45) is 0 Å². The molecule has 0 saturated heterocycles. The molecule has 2 aromatic rings. The molecular formula is C18H18F2N2O. The number of halogens is 2. The maximum Gasteiger partial charge on any atom is 0.238 e. The third-order valence-corrected chi connectivity index (χ3v) is 3.82. The van der Waals surface area contributed by atoms with E-state index in [4.69, 9.17) is 0 Å². The van der Waals surface area contributed by atoms with Crippen molar-refractivity contribution in [1.82, 2.24) is 4.90 Å². The van der Waals surface area contributed by atoms with E-state index in [2.05, 4.69) is 10.2 Å². The molecule has 1 aliphatic rings. The van der Waals surface area contributed by atoms with Crippen LogP contribution in [0, 0.1) is 11.6 Å². The Hall–Kier alpha value is -2.27. The van der Waals surface area contributed by atoms with Gasteiger partial charge >= 0.3 is 0 Å². The van der Waals surface area contributed by atoms with Crippen LogP contribution in [-0.4, -0.2) is 23.4 Å². The van der Waals surface area contributed by atoms with Gasteiger partial charge in [0.1, 0.15) is 11.6 Å². The Morgan fingerprint density at radius 3 is 2.48 bits per heavy atom. The summed E-state index contributed by atoms with van der Waals surface area (Å²) in [5.41, 5.74) is 1.42. The Morgan fingerprint density at radius 1 is 1.09 bits per heavy atom. The largest absolute Gasteiger partial charge is 0.325 e. The van der Waals surface area contributed by atoms with E-state index in [1.54, 1.807) is 24.3 Å². The van der Waals surface area contributed by atoms with Gasteiger partial charge in [0.2, 0.25) is 5.91 Å². The van der Waals surface area contributed by atoms with Gasteiger partial charge in [0, 0.05) is 18.3 Å². The smallest absolute Gasteiger partial charge is 0.238 e. The molecule has 0 heterocycles. The number of rotatable bonds is 6. The molecule has 3 rings (SSSR count). The molecule has 0 unspecified atom stereocenters. The molecule has 23 heavy (non-hydrogen) atoms. The fourth-order valence-corrected chi connectivity index (χ4v) is 2.53. The van der Waals surface area contributed by atoms with Crippen molar-refractivity contribution in [3.63, 3.8) is 0 Å². The van der Waals surface area contributed by atoms with Crippen molar-refractivity contribution in [2.45, 2.75) is 25.4 Å². The predicted molar refractivity (Wildman–Crippen MR) is 84.9 cm³/mol. The summed E-state index contributed by atoms with van der Waals surface area (Å²) in [6, 6.07) is 12.5. The second-order valence-electron chi connectivity index (χ2n) is 5.82. The maximum absolute atomic E-state index is 13.1. The number of benzene rings is 2. The monoisotopic (exact) mass is 316 g/mol. The van der Waals surface area contributed by atoms with Crippen molar-refractivity contribution in [1.29, 1.82) is 0 Å². The molecule has 1 saturated carbocycles. The van der Waals surface area contributed by atoms with Crippen LogP contribution in [0.2, 0.25) is 0 Å². The first kappa shape index (κ1) is 15.6. The summed E-state index contributed by atoms with van der Waals surface area (Å²) in [6.07, 6.45) is 2.13. The number of carbonyl (C=O) groups excluding carboxylic acids is 1. The van der Waals surface area contributed by atoms with Crippen molar-refractivity contribution in [3.8, 4) is 0 Å². The lowest BCUT2D eigenvalue weighted by molar-refractivity contribution is -0.117. The van der Waals surface area contributed by atoms with Crippen molar-refractivity contribution >= 4 is 11.6 Å². The zero-order chi connectivity index (χ0) is 16.2. The molecular weight excluding hydrogens is 298 g/mol. The first-order chi connectivity index (χ1) is 11.1. The SMILES string of the molecule is O=C(CN(Cc1ccc(F)cc1)C1CC1)Nc1cccc(F)c1. The van der Waals surface area contributed by atoms with Gasteiger partial charge in [0.05, 0.1) is 6.54 Å². The van der Waals surface area contributed by atoms with E-state index in [1.165, 1.54) is 24.3 Å². The molecule has 0 atom stereocenters. The summed E-state index contributed by atoms with van der Waals surface area (Å²) in [5.74, 6) is -0.826. The minimum Gasteiger partial charge on any atom is -0.325 e. The molecule has 0 spiro atoms. The molecule has 0 radical (unpaired) electrons. The van der Waals surface area contributed by atoms with Gasteiger partial charge < -0.3 is 5.32 Å². The quantitative estimate of drug-likeness (QED) is 0.883. The highest BCUT2D eigenvalue weighted by molar-refractivity contribution is 5.92. The standard InChI is InChI=1S/C18H18F2N2O/c19-14-6-4-13(5-7-14)11-22(17-8-9-17)12-18(23)21-16-3-1-2-15(20)10-16/h1-7,10,17H,8-9,11-12H2,(H,21,23). The highest BCUT2D eigenvalue weighted by Gasteiger charge is 2.30. The summed E-state index contributed by atoms with van der Waals surface area (Å²) in [5, 5.41) is 2.71. The fourth-order valence-electron chi connectivity index (χ4n) is 2.53. The van der Waals surface area contributed by atoms with E-state index in [-0.39, 0.29) is 24.1 Å². The second-order valence-corrected chi connectivity index (χ2v) is 5.82. The van der Waals surface area contributed by atoms with Crippen LogP contribution in [0.4, 0.5) is 14.5 Å². The van der Waals surface area contributed by atoms with E-state index in [9.17, 15) is 13.6 Å². The van der Waals surface area contributed by atoms with Crippen LogP contribution in [-0.2, 0) is 11.3 Å². The van der Waals surface area contributed by atoms with Crippen LogP contribution in [0.25, 0.3) is 0 Å². The summed E-state index contributed by atoms with van der Waals surface area (Å²) in [7, 11) is 0. The third-order valence-electron chi connectivity index (χ3n) is 3.82. The van der Waals surface area contributed by atoms with Crippen molar-refractivity contribution in [2.75, 3.05) is 11.9 Å². The van der Waals surface area contributed by atoms with Gasteiger partial charge in [-0.1, -0.05) is 18.2 Å². The number of nitrogens with one attached hydrogen (secondary N) is 1. The second kappa shape index (κ2) is 6.87. The first-order valence-corrected chi connectivity index (χ1v) is 7.64. The topological polar surface area (TPSA) is 32.3 Å².